The van der Waals surface area contributed by atoms with Crippen LogP contribution in [0, 0.1) is 6.92 Å². The number of benzene rings is 2. The van der Waals surface area contributed by atoms with Crippen LogP contribution in [0.1, 0.15) is 5.56 Å². The summed E-state index contributed by atoms with van der Waals surface area (Å²) in [7, 11) is 0. The normalized spacial score (nSPS) is 10.1. The van der Waals surface area contributed by atoms with E-state index in [0.717, 1.165) is 11.4 Å². The molecule has 2 aromatic carbocycles. The first-order valence-electron chi connectivity index (χ1n) is 5.26. The van der Waals surface area contributed by atoms with E-state index in [1.165, 1.54) is 10.5 Å². The molecule has 0 fully saturated rings. The molecule has 16 heavy (non-hydrogen) atoms. The maximum Gasteiger partial charge on any atom is 0.0385 e. The van der Waals surface area contributed by atoms with Crippen LogP contribution >= 0.6 is 11.8 Å². The lowest BCUT2D eigenvalue weighted by Crippen LogP contribution is -1.89. The van der Waals surface area contributed by atoms with E-state index in [-0.39, 0.29) is 0 Å². The lowest BCUT2D eigenvalue weighted by molar-refractivity contribution is 1.43. The highest BCUT2D eigenvalue weighted by Gasteiger charge is 1.94. The van der Waals surface area contributed by atoms with Gasteiger partial charge < -0.3 is 5.32 Å². The molecule has 0 spiro atoms. The van der Waals surface area contributed by atoms with E-state index in [4.69, 9.17) is 0 Å². The molecule has 0 saturated carbocycles. The Hall–Kier alpha value is -1.41. The first kappa shape index (κ1) is 11.1. The van der Waals surface area contributed by atoms with Gasteiger partial charge in [0.2, 0.25) is 0 Å². The minimum atomic E-state index is 1.13. The number of nitrogens with one attached hydrogen (secondary N) is 1. The molecule has 0 aliphatic heterocycles. The van der Waals surface area contributed by atoms with Crippen LogP contribution in [0.4, 0.5) is 11.4 Å². The fourth-order valence-corrected chi connectivity index (χ4v) is 1.89. The van der Waals surface area contributed by atoms with Gasteiger partial charge in [-0.25, -0.2) is 0 Å². The van der Waals surface area contributed by atoms with Crippen molar-refractivity contribution in [3.8, 4) is 0 Å². The van der Waals surface area contributed by atoms with E-state index in [1.54, 1.807) is 11.8 Å². The maximum atomic E-state index is 3.37. The quantitative estimate of drug-likeness (QED) is 0.780. The fraction of sp³-hybridized carbons (Fsp3) is 0.143. The van der Waals surface area contributed by atoms with Crippen molar-refractivity contribution >= 4 is 23.1 Å². The Morgan fingerprint density at radius 1 is 0.812 bits per heavy atom. The third kappa shape index (κ3) is 2.80. The molecule has 0 aliphatic rings. The standard InChI is InChI=1S/C14H15NS/c1-11-3-5-12(6-4-11)15-13-7-9-14(16-2)10-8-13/h3-10,15H,1-2H3. The lowest BCUT2D eigenvalue weighted by atomic mass is 10.2. The highest BCUT2D eigenvalue weighted by molar-refractivity contribution is 7.98. The van der Waals surface area contributed by atoms with Crippen molar-refractivity contribution in [1.82, 2.24) is 0 Å². The molecule has 0 saturated heterocycles. The molecule has 82 valence electrons. The highest BCUT2D eigenvalue weighted by Crippen LogP contribution is 2.20. The van der Waals surface area contributed by atoms with Gasteiger partial charge in [-0.3, -0.25) is 0 Å². The summed E-state index contributed by atoms with van der Waals surface area (Å²) in [5.41, 5.74) is 3.53. The molecule has 0 amide bonds. The summed E-state index contributed by atoms with van der Waals surface area (Å²) in [5.74, 6) is 0. The summed E-state index contributed by atoms with van der Waals surface area (Å²) in [5, 5.41) is 3.37. The van der Waals surface area contributed by atoms with Gasteiger partial charge in [-0.1, -0.05) is 17.7 Å². The van der Waals surface area contributed by atoms with E-state index in [2.05, 4.69) is 67.0 Å². The zero-order valence-electron chi connectivity index (χ0n) is 9.53. The first-order valence-corrected chi connectivity index (χ1v) is 6.48. The third-order valence-corrected chi connectivity index (χ3v) is 3.17. The van der Waals surface area contributed by atoms with Crippen LogP contribution in [0.5, 0.6) is 0 Å². The van der Waals surface area contributed by atoms with Gasteiger partial charge in [0, 0.05) is 16.3 Å². The van der Waals surface area contributed by atoms with Crippen molar-refractivity contribution in [2.24, 2.45) is 0 Å². The molecule has 2 heteroatoms. The summed E-state index contributed by atoms with van der Waals surface area (Å²) in [6.45, 7) is 2.09. The van der Waals surface area contributed by atoms with Crippen molar-refractivity contribution in [1.29, 1.82) is 0 Å². The largest absolute Gasteiger partial charge is 0.356 e. The van der Waals surface area contributed by atoms with Gasteiger partial charge in [-0.05, 0) is 49.6 Å². The number of hydrogen-bond acceptors (Lipinski definition) is 2. The molecular formula is C14H15NS. The number of hydrogen-bond donors (Lipinski definition) is 1. The molecule has 0 aromatic heterocycles. The molecule has 1 N–H and O–H groups in total. The van der Waals surface area contributed by atoms with Crippen LogP contribution < -0.4 is 5.32 Å². The van der Waals surface area contributed by atoms with Gasteiger partial charge >= 0.3 is 0 Å². The maximum absolute atomic E-state index is 3.37. The number of rotatable bonds is 3. The highest BCUT2D eigenvalue weighted by atomic mass is 32.2. The SMILES string of the molecule is CSc1ccc(Nc2ccc(C)cc2)cc1. The average molecular weight is 229 g/mol. The van der Waals surface area contributed by atoms with Crippen LogP contribution in [0.3, 0.4) is 0 Å². The van der Waals surface area contributed by atoms with Crippen molar-refractivity contribution in [3.63, 3.8) is 0 Å². The Labute approximate surface area is 101 Å². The van der Waals surface area contributed by atoms with Gasteiger partial charge in [-0.15, -0.1) is 11.8 Å². The summed E-state index contributed by atoms with van der Waals surface area (Å²) in [6, 6.07) is 16.9. The van der Waals surface area contributed by atoms with E-state index in [9.17, 15) is 0 Å². The van der Waals surface area contributed by atoms with E-state index < -0.39 is 0 Å². The summed E-state index contributed by atoms with van der Waals surface area (Å²) in [6.07, 6.45) is 2.09. The number of thioether (sulfide) groups is 1. The molecule has 0 radical (unpaired) electrons. The zero-order valence-corrected chi connectivity index (χ0v) is 10.3. The first-order chi connectivity index (χ1) is 7.78. The molecule has 0 bridgehead atoms. The van der Waals surface area contributed by atoms with E-state index >= 15 is 0 Å². The fourth-order valence-electron chi connectivity index (χ4n) is 1.48. The van der Waals surface area contributed by atoms with Gasteiger partial charge in [0.05, 0.1) is 0 Å². The third-order valence-electron chi connectivity index (χ3n) is 2.43. The van der Waals surface area contributed by atoms with Crippen LogP contribution in [-0.2, 0) is 0 Å². The second-order valence-corrected chi connectivity index (χ2v) is 4.60. The predicted octanol–water partition coefficient (Wildman–Crippen LogP) is 4.46. The number of aryl methyl sites for hydroxylation is 1. The summed E-state index contributed by atoms with van der Waals surface area (Å²) in [4.78, 5) is 1.29. The van der Waals surface area contributed by atoms with E-state index in [0.29, 0.717) is 0 Å². The van der Waals surface area contributed by atoms with Crippen LogP contribution in [-0.4, -0.2) is 6.26 Å². The molecule has 0 aliphatic carbocycles. The Kier molecular flexibility index (Phi) is 3.52. The monoisotopic (exact) mass is 229 g/mol. The molecule has 0 heterocycles. The van der Waals surface area contributed by atoms with E-state index in [1.807, 2.05) is 0 Å². The second kappa shape index (κ2) is 5.08. The minimum absolute atomic E-state index is 1.13. The van der Waals surface area contributed by atoms with Gasteiger partial charge in [0.25, 0.3) is 0 Å². The molecule has 1 nitrogen and oxygen atoms in total. The second-order valence-electron chi connectivity index (χ2n) is 3.72. The smallest absolute Gasteiger partial charge is 0.0385 e. The molecule has 2 aromatic rings. The molecule has 0 atom stereocenters. The topological polar surface area (TPSA) is 12.0 Å². The Balaban J connectivity index is 2.11. The van der Waals surface area contributed by atoms with Gasteiger partial charge in [0.1, 0.15) is 0 Å². The van der Waals surface area contributed by atoms with Crippen LogP contribution in [0.15, 0.2) is 53.4 Å². The summed E-state index contributed by atoms with van der Waals surface area (Å²) < 4.78 is 0. The molecule has 0 unspecified atom stereocenters. The predicted molar refractivity (Wildman–Crippen MR) is 72.7 cm³/mol. The Morgan fingerprint density at radius 2 is 1.31 bits per heavy atom. The van der Waals surface area contributed by atoms with Crippen molar-refractivity contribution < 1.29 is 0 Å². The lowest BCUT2D eigenvalue weighted by Gasteiger charge is -2.07. The van der Waals surface area contributed by atoms with Gasteiger partial charge in [-0.2, -0.15) is 0 Å². The van der Waals surface area contributed by atoms with Crippen LogP contribution in [0.25, 0.3) is 0 Å². The molecule has 2 rings (SSSR count). The average Bonchev–Trinajstić information content (AvgIpc) is 2.33. The van der Waals surface area contributed by atoms with Crippen molar-refractivity contribution in [2.45, 2.75) is 11.8 Å². The van der Waals surface area contributed by atoms with Crippen molar-refractivity contribution in [2.75, 3.05) is 11.6 Å². The van der Waals surface area contributed by atoms with Crippen LogP contribution in [0.2, 0.25) is 0 Å². The summed E-state index contributed by atoms with van der Waals surface area (Å²) >= 11 is 1.76. The Morgan fingerprint density at radius 3 is 1.81 bits per heavy atom. The number of anilines is 2. The minimum Gasteiger partial charge on any atom is -0.356 e. The molecular weight excluding hydrogens is 214 g/mol. The van der Waals surface area contributed by atoms with Crippen molar-refractivity contribution in [3.05, 3.63) is 54.1 Å². The Bertz CT molecular complexity index is 445. The zero-order chi connectivity index (χ0) is 11.4. The van der Waals surface area contributed by atoms with Gasteiger partial charge in [0.15, 0.2) is 0 Å².